The Morgan fingerprint density at radius 1 is 0.684 bits per heavy atom. The maximum Gasteiger partial charge on any atom is 0.267 e. The number of primary amides is 2. The lowest BCUT2D eigenvalue weighted by molar-refractivity contribution is 0.0986. The Labute approximate surface area is 324 Å². The SMILES string of the molecule is C[C@H](O)Cn1cnc(-c2ccc(F)cc2)c1-c1ccc2ncc(C(N)=O)n2c1.NC(=O)c1cnc2ccc(-c3c(-c4ccc(F)cc4)ncn3C3CCCC3)cn12. The van der Waals surface area contributed by atoms with E-state index in [1.165, 1.54) is 49.5 Å². The Morgan fingerprint density at radius 3 is 1.63 bits per heavy atom. The quantitative estimate of drug-likeness (QED) is 0.146. The number of aromatic nitrogens is 8. The summed E-state index contributed by atoms with van der Waals surface area (Å²) in [7, 11) is 0. The summed E-state index contributed by atoms with van der Waals surface area (Å²) in [5, 5.41) is 9.87. The maximum absolute atomic E-state index is 13.5. The lowest BCUT2D eigenvalue weighted by atomic mass is 10.0. The van der Waals surface area contributed by atoms with Crippen molar-refractivity contribution in [1.29, 1.82) is 0 Å². The van der Waals surface area contributed by atoms with E-state index >= 15 is 0 Å². The average Bonchev–Trinajstić information content (AvgIpc) is 4.04. The molecule has 2 aromatic carbocycles. The van der Waals surface area contributed by atoms with Gasteiger partial charge in [-0.2, -0.15) is 0 Å². The third-order valence-corrected chi connectivity index (χ3v) is 10.1. The van der Waals surface area contributed by atoms with E-state index in [9.17, 15) is 23.5 Å². The van der Waals surface area contributed by atoms with Crippen LogP contribution in [0.2, 0.25) is 0 Å². The molecule has 0 bridgehead atoms. The van der Waals surface area contributed by atoms with Gasteiger partial charge in [0.25, 0.3) is 11.8 Å². The van der Waals surface area contributed by atoms with Crippen molar-refractivity contribution >= 4 is 23.1 Å². The second-order valence-corrected chi connectivity index (χ2v) is 14.1. The van der Waals surface area contributed by atoms with E-state index in [0.29, 0.717) is 35.3 Å². The van der Waals surface area contributed by atoms with E-state index in [2.05, 4.69) is 24.5 Å². The predicted molar refractivity (Wildman–Crippen MR) is 210 cm³/mol. The molecule has 288 valence electrons. The van der Waals surface area contributed by atoms with Crippen molar-refractivity contribution in [2.75, 3.05) is 0 Å². The Hall–Kier alpha value is -7.00. The van der Waals surface area contributed by atoms with Gasteiger partial charge in [-0.3, -0.25) is 18.4 Å². The van der Waals surface area contributed by atoms with Crippen LogP contribution in [0.15, 0.2) is 110 Å². The van der Waals surface area contributed by atoms with E-state index in [1.54, 1.807) is 58.6 Å². The zero-order valence-corrected chi connectivity index (χ0v) is 30.8. The molecule has 1 saturated carbocycles. The van der Waals surface area contributed by atoms with Crippen LogP contribution in [0.5, 0.6) is 0 Å². The van der Waals surface area contributed by atoms with Crippen LogP contribution in [0.1, 0.15) is 59.6 Å². The van der Waals surface area contributed by atoms with Gasteiger partial charge in [0.1, 0.15) is 34.3 Å². The van der Waals surface area contributed by atoms with Gasteiger partial charge >= 0.3 is 0 Å². The molecule has 1 fully saturated rings. The number of aliphatic hydroxyl groups excluding tert-OH is 1. The van der Waals surface area contributed by atoms with Crippen LogP contribution in [-0.2, 0) is 6.54 Å². The number of halogens is 2. The number of aliphatic hydroxyl groups is 1. The van der Waals surface area contributed by atoms with E-state index < -0.39 is 17.9 Å². The molecule has 1 aliphatic rings. The number of hydrogen-bond acceptors (Lipinski definition) is 7. The molecule has 8 aromatic rings. The fourth-order valence-corrected chi connectivity index (χ4v) is 7.46. The van der Waals surface area contributed by atoms with Gasteiger partial charge in [0, 0.05) is 47.2 Å². The predicted octanol–water partition coefficient (Wildman–Crippen LogP) is 6.70. The van der Waals surface area contributed by atoms with Crippen LogP contribution in [0.25, 0.3) is 56.3 Å². The summed E-state index contributed by atoms with van der Waals surface area (Å²) in [5.41, 5.74) is 19.1. The molecule has 0 spiro atoms. The van der Waals surface area contributed by atoms with E-state index in [1.807, 2.05) is 35.3 Å². The summed E-state index contributed by atoms with van der Waals surface area (Å²) in [4.78, 5) is 41.1. The molecule has 1 aliphatic carbocycles. The second kappa shape index (κ2) is 15.3. The minimum Gasteiger partial charge on any atom is -0.392 e. The van der Waals surface area contributed by atoms with Crippen LogP contribution in [-0.4, -0.2) is 60.9 Å². The summed E-state index contributed by atoms with van der Waals surface area (Å²) in [5.74, 6) is -1.73. The minimum absolute atomic E-state index is 0.266. The Kier molecular flexibility index (Phi) is 9.90. The van der Waals surface area contributed by atoms with Gasteiger partial charge in [-0.1, -0.05) is 12.8 Å². The first-order valence-electron chi connectivity index (χ1n) is 18.4. The summed E-state index contributed by atoms with van der Waals surface area (Å²) in [6.45, 7) is 2.01. The van der Waals surface area contributed by atoms with Crippen molar-refractivity contribution in [2.24, 2.45) is 11.5 Å². The molecule has 1 atom stereocenters. The highest BCUT2D eigenvalue weighted by molar-refractivity contribution is 5.93. The molecular formula is C42H38F2N10O3. The molecule has 6 heterocycles. The molecule has 57 heavy (non-hydrogen) atoms. The fourth-order valence-electron chi connectivity index (χ4n) is 7.46. The molecular weight excluding hydrogens is 731 g/mol. The summed E-state index contributed by atoms with van der Waals surface area (Å²) < 4.78 is 34.2. The molecule has 0 unspecified atom stereocenters. The topological polar surface area (TPSA) is 177 Å². The number of carbonyl (C=O) groups excluding carboxylic acids is 2. The largest absolute Gasteiger partial charge is 0.392 e. The number of amides is 2. The number of imidazole rings is 4. The van der Waals surface area contributed by atoms with Gasteiger partial charge in [-0.05, 0) is 92.6 Å². The monoisotopic (exact) mass is 768 g/mol. The van der Waals surface area contributed by atoms with E-state index in [0.717, 1.165) is 52.2 Å². The van der Waals surface area contributed by atoms with Crippen molar-refractivity contribution in [3.63, 3.8) is 0 Å². The lowest BCUT2D eigenvalue weighted by Crippen LogP contribution is -2.14. The van der Waals surface area contributed by atoms with Crippen LogP contribution in [0.3, 0.4) is 0 Å². The first-order valence-corrected chi connectivity index (χ1v) is 18.4. The summed E-state index contributed by atoms with van der Waals surface area (Å²) >= 11 is 0. The number of rotatable bonds is 9. The van der Waals surface area contributed by atoms with Gasteiger partial charge in [0.15, 0.2) is 0 Å². The first kappa shape index (κ1) is 36.9. The fraction of sp³-hybridized carbons (Fsp3) is 0.190. The molecule has 6 aromatic heterocycles. The molecule has 5 N–H and O–H groups in total. The zero-order chi connectivity index (χ0) is 39.8. The van der Waals surface area contributed by atoms with Crippen molar-refractivity contribution in [2.45, 2.75) is 51.3 Å². The number of nitrogens with two attached hydrogens (primary N) is 2. The van der Waals surface area contributed by atoms with Crippen LogP contribution >= 0.6 is 0 Å². The molecule has 9 rings (SSSR count). The number of fused-ring (bicyclic) bond motifs is 2. The van der Waals surface area contributed by atoms with Crippen LogP contribution in [0.4, 0.5) is 8.78 Å². The summed E-state index contributed by atoms with van der Waals surface area (Å²) in [6, 6.07) is 20.3. The number of hydrogen-bond donors (Lipinski definition) is 3. The molecule has 15 heteroatoms. The molecule has 13 nitrogen and oxygen atoms in total. The molecule has 2 amide bonds. The van der Waals surface area contributed by atoms with Gasteiger partial charge < -0.3 is 25.7 Å². The van der Waals surface area contributed by atoms with Crippen LogP contribution < -0.4 is 11.5 Å². The number of nitrogens with zero attached hydrogens (tertiary/aromatic N) is 8. The van der Waals surface area contributed by atoms with Crippen molar-refractivity contribution in [3.05, 3.63) is 133 Å². The highest BCUT2D eigenvalue weighted by atomic mass is 19.1. The molecule has 0 aliphatic heterocycles. The normalized spacial score (nSPS) is 13.5. The van der Waals surface area contributed by atoms with Gasteiger partial charge in [0.05, 0.1) is 53.9 Å². The van der Waals surface area contributed by atoms with Crippen LogP contribution in [0, 0.1) is 11.6 Å². The van der Waals surface area contributed by atoms with Crippen molar-refractivity contribution in [1.82, 2.24) is 37.9 Å². The number of pyridine rings is 2. The maximum atomic E-state index is 13.5. The third kappa shape index (κ3) is 7.27. The van der Waals surface area contributed by atoms with Gasteiger partial charge in [0.2, 0.25) is 0 Å². The van der Waals surface area contributed by atoms with Gasteiger partial charge in [-0.15, -0.1) is 0 Å². The first-order chi connectivity index (χ1) is 27.5. The standard InChI is InChI=1S/C22H20FN5O.C20H18FN5O2/c23-16-8-5-14(6-9-16)20-21(28(13-26-20)17-3-1-2-4-17)15-7-10-19-25-11-18(22(24)29)27(19)12-15;1-12(27)9-25-11-24-18(13-2-5-15(21)6-3-13)19(25)14-4-7-17-23-8-16(20(22)28)26(17)10-14/h5-13,17H,1-4H2,(H2,24,29);2-8,10-12,27H,9H2,1H3,(H2,22,28)/t;12-/m.0/s1. The van der Waals surface area contributed by atoms with Crippen molar-refractivity contribution in [3.8, 4) is 45.0 Å². The minimum atomic E-state index is -0.591. The highest BCUT2D eigenvalue weighted by Crippen LogP contribution is 2.39. The number of carbonyl (C=O) groups is 2. The smallest absolute Gasteiger partial charge is 0.267 e. The second-order valence-electron chi connectivity index (χ2n) is 14.1. The highest BCUT2D eigenvalue weighted by Gasteiger charge is 2.24. The lowest BCUT2D eigenvalue weighted by Gasteiger charge is -2.17. The Balaban J connectivity index is 0.000000160. The van der Waals surface area contributed by atoms with E-state index in [-0.39, 0.29) is 17.3 Å². The zero-order valence-electron chi connectivity index (χ0n) is 30.8. The van der Waals surface area contributed by atoms with Gasteiger partial charge in [-0.25, -0.2) is 28.7 Å². The molecule has 0 saturated heterocycles. The van der Waals surface area contributed by atoms with Crippen molar-refractivity contribution < 1.29 is 23.5 Å². The molecule has 0 radical (unpaired) electrons. The Bertz CT molecular complexity index is 2740. The summed E-state index contributed by atoms with van der Waals surface area (Å²) in [6.07, 6.45) is 14.0. The Morgan fingerprint density at radius 2 is 1.14 bits per heavy atom. The average molecular weight is 769 g/mol. The third-order valence-electron chi connectivity index (χ3n) is 10.1. The number of benzene rings is 2. The van der Waals surface area contributed by atoms with E-state index in [4.69, 9.17) is 11.5 Å².